The topological polar surface area (TPSA) is 263 Å². The molecular formula is C33H37N3O13. The van der Waals surface area contributed by atoms with E-state index in [9.17, 15) is 55.5 Å². The minimum absolute atomic E-state index is 0.00596. The number of anilines is 1. The van der Waals surface area contributed by atoms with Crippen molar-refractivity contribution >= 4 is 35.6 Å². The summed E-state index contributed by atoms with van der Waals surface area (Å²) in [6.07, 6.45) is -5.38. The number of carbonyl (C=O) groups is 2. The highest BCUT2D eigenvalue weighted by atomic mass is 16.7. The highest BCUT2D eigenvalue weighted by Crippen LogP contribution is 2.57. The minimum atomic E-state index is -2.26. The maximum Gasteiger partial charge on any atom is 0.330 e. The van der Waals surface area contributed by atoms with Crippen LogP contribution < -0.4 is 9.64 Å². The van der Waals surface area contributed by atoms with Gasteiger partial charge in [-0.05, 0) is 48.2 Å². The summed E-state index contributed by atoms with van der Waals surface area (Å²) in [4.78, 5) is 36.5. The Labute approximate surface area is 279 Å². The molecule has 0 aromatic heterocycles. The van der Waals surface area contributed by atoms with E-state index in [1.54, 1.807) is 18.3 Å². The summed E-state index contributed by atoms with van der Waals surface area (Å²) in [5.41, 5.74) is -0.369. The summed E-state index contributed by atoms with van der Waals surface area (Å²) in [6, 6.07) is 5.80. The maximum atomic E-state index is 14.2. The first-order valence-corrected chi connectivity index (χ1v) is 15.7. The molecule has 0 bridgehead atoms. The summed E-state index contributed by atoms with van der Waals surface area (Å²) < 4.78 is 11.6. The second kappa shape index (κ2) is 13.1. The number of aliphatic carboxylic acids is 1. The van der Waals surface area contributed by atoms with Crippen molar-refractivity contribution < 1.29 is 65.0 Å². The molecule has 6 rings (SSSR count). The van der Waals surface area contributed by atoms with Gasteiger partial charge >= 0.3 is 5.97 Å². The van der Waals surface area contributed by atoms with Crippen molar-refractivity contribution in [3.8, 4) is 17.2 Å². The second-order valence-corrected chi connectivity index (χ2v) is 12.6. The molecule has 4 aliphatic heterocycles. The first kappa shape index (κ1) is 34.4. The number of rotatable bonds is 9. The van der Waals surface area contributed by atoms with Crippen molar-refractivity contribution in [2.45, 2.75) is 73.9 Å². The average Bonchev–Trinajstić information content (AvgIpc) is 3.71. The van der Waals surface area contributed by atoms with Gasteiger partial charge in [0.2, 0.25) is 5.79 Å². The molecule has 2 aromatic rings. The van der Waals surface area contributed by atoms with Crippen molar-refractivity contribution in [1.29, 1.82) is 0 Å². The van der Waals surface area contributed by atoms with E-state index in [4.69, 9.17) is 9.47 Å². The van der Waals surface area contributed by atoms with E-state index >= 15 is 0 Å². The number of amides is 1. The number of ether oxygens (including phenoxy) is 2. The number of carboxylic acid groups (broad SMARTS) is 1. The standard InChI is InChI=1S/C33H37N3O13/c37-7-1-6-32(31(46)47)11-18-10-21(40)29-25(22(41)12-33(49-29)30(45)28(44)27(43)23(14-38)48-33)26(18)36(32)24(42)5-3-16-2-4-20(39)17(8-16)9-19-13-34-15-35-19/h2-5,8,10,13,22-23,27-28,30,37-41,43-45H,1,6-7,9,11-12,14-15H2,(H,46,47). The third-order valence-electron chi connectivity index (χ3n) is 9.46. The molecule has 16 nitrogen and oxygen atoms in total. The fourth-order valence-electron chi connectivity index (χ4n) is 7.07. The first-order chi connectivity index (χ1) is 23.4. The zero-order valence-electron chi connectivity index (χ0n) is 26.1. The van der Waals surface area contributed by atoms with E-state index in [1.165, 1.54) is 18.2 Å². The maximum absolute atomic E-state index is 14.2. The van der Waals surface area contributed by atoms with Crippen LogP contribution in [0.5, 0.6) is 17.2 Å². The van der Waals surface area contributed by atoms with E-state index in [0.717, 1.165) is 11.0 Å². The van der Waals surface area contributed by atoms with Crippen molar-refractivity contribution in [2.24, 2.45) is 9.98 Å². The Bertz CT molecular complexity index is 1740. The molecule has 4 aliphatic rings. The lowest BCUT2D eigenvalue weighted by atomic mass is 9.84. The van der Waals surface area contributed by atoms with Gasteiger partial charge < -0.3 is 55.4 Å². The zero-order chi connectivity index (χ0) is 35.2. The third-order valence-corrected chi connectivity index (χ3v) is 9.46. The Hall–Kier alpha value is -4.42. The van der Waals surface area contributed by atoms with Gasteiger partial charge in [-0.2, -0.15) is 0 Å². The summed E-state index contributed by atoms with van der Waals surface area (Å²) in [6.45, 7) is -0.878. The number of phenolic OH excluding ortho intramolecular Hbond substituents is 2. The van der Waals surface area contributed by atoms with Crippen LogP contribution in [0.25, 0.3) is 6.08 Å². The van der Waals surface area contributed by atoms with Gasteiger partial charge in [0.15, 0.2) is 11.5 Å². The Morgan fingerprint density at radius 2 is 1.84 bits per heavy atom. The van der Waals surface area contributed by atoms with Gasteiger partial charge in [-0.25, -0.2) is 4.79 Å². The molecule has 7 atom stereocenters. The van der Waals surface area contributed by atoms with E-state index in [2.05, 4.69) is 9.98 Å². The molecule has 9 N–H and O–H groups in total. The number of nitrogens with zero attached hydrogens (tertiary/aromatic N) is 3. The number of hydrogen-bond donors (Lipinski definition) is 9. The monoisotopic (exact) mass is 683 g/mol. The Morgan fingerprint density at radius 3 is 2.51 bits per heavy atom. The number of aliphatic hydroxyl groups excluding tert-OH is 6. The largest absolute Gasteiger partial charge is 0.508 e. The van der Waals surface area contributed by atoms with Crippen LogP contribution in [0.4, 0.5) is 5.69 Å². The first-order valence-electron chi connectivity index (χ1n) is 15.7. The normalized spacial score (nSPS) is 30.4. The van der Waals surface area contributed by atoms with Gasteiger partial charge in [0.25, 0.3) is 5.91 Å². The molecule has 1 saturated heterocycles. The molecule has 262 valence electrons. The number of aliphatic hydroxyl groups is 6. The van der Waals surface area contributed by atoms with Crippen LogP contribution in [0.15, 0.2) is 40.3 Å². The van der Waals surface area contributed by atoms with E-state index in [-0.39, 0.29) is 54.9 Å². The van der Waals surface area contributed by atoms with Gasteiger partial charge in [-0.15, -0.1) is 0 Å². The lowest BCUT2D eigenvalue weighted by Crippen LogP contribution is -2.68. The van der Waals surface area contributed by atoms with Gasteiger partial charge in [0, 0.05) is 43.7 Å². The second-order valence-electron chi connectivity index (χ2n) is 12.6. The number of phenols is 2. The van der Waals surface area contributed by atoms with Gasteiger partial charge in [0.1, 0.15) is 42.4 Å². The lowest BCUT2D eigenvalue weighted by molar-refractivity contribution is -0.349. The average molecular weight is 684 g/mol. The van der Waals surface area contributed by atoms with Crippen LogP contribution in [0.3, 0.4) is 0 Å². The lowest BCUT2D eigenvalue weighted by Gasteiger charge is -2.51. The predicted octanol–water partition coefficient (Wildman–Crippen LogP) is -0.692. The zero-order valence-corrected chi connectivity index (χ0v) is 26.1. The Balaban J connectivity index is 1.42. The number of aliphatic imine (C=N–C) groups is 2. The fourth-order valence-corrected chi connectivity index (χ4v) is 7.07. The van der Waals surface area contributed by atoms with Crippen LogP contribution in [0, 0.1) is 0 Å². The molecule has 4 heterocycles. The van der Waals surface area contributed by atoms with E-state index < -0.39 is 78.2 Å². The van der Waals surface area contributed by atoms with Crippen molar-refractivity contribution in [1.82, 2.24) is 0 Å². The quantitative estimate of drug-likeness (QED) is 0.148. The molecule has 0 aliphatic carbocycles. The van der Waals surface area contributed by atoms with Crippen LogP contribution in [0.2, 0.25) is 0 Å². The molecule has 1 amide bonds. The van der Waals surface area contributed by atoms with Crippen molar-refractivity contribution in [3.05, 3.63) is 52.6 Å². The Morgan fingerprint density at radius 1 is 1.06 bits per heavy atom. The molecule has 16 heteroatoms. The molecule has 1 spiro atoms. The highest BCUT2D eigenvalue weighted by molar-refractivity contribution is 6.32. The van der Waals surface area contributed by atoms with Gasteiger partial charge in [-0.3, -0.25) is 19.7 Å². The molecule has 2 aromatic carbocycles. The molecule has 0 radical (unpaired) electrons. The number of fused-ring (bicyclic) bond motifs is 3. The van der Waals surface area contributed by atoms with E-state index in [1.807, 2.05) is 0 Å². The highest BCUT2D eigenvalue weighted by Gasteiger charge is 2.61. The SMILES string of the molecule is O=C(C=Cc1ccc(O)c(CC2=NCN=C2)c1)N1c2c(cc(O)c3c2C(O)CC2(O3)OC(CO)C(O)C(O)C2O)CC1(CCCO)C(=O)O. The van der Waals surface area contributed by atoms with Gasteiger partial charge in [0.05, 0.1) is 29.7 Å². The fraction of sp³-hybridized carbons (Fsp3) is 0.455. The number of aromatic hydroxyl groups is 2. The molecule has 49 heavy (non-hydrogen) atoms. The summed E-state index contributed by atoms with van der Waals surface area (Å²) in [5.74, 6) is -5.55. The van der Waals surface area contributed by atoms with Gasteiger partial charge in [-0.1, -0.05) is 6.07 Å². The smallest absolute Gasteiger partial charge is 0.330 e. The molecule has 1 fully saturated rings. The number of benzene rings is 2. The number of carbonyl (C=O) groups excluding carboxylic acids is 1. The summed E-state index contributed by atoms with van der Waals surface area (Å²) >= 11 is 0. The van der Waals surface area contributed by atoms with Crippen molar-refractivity contribution in [3.63, 3.8) is 0 Å². The Kier molecular flexibility index (Phi) is 9.23. The number of carboxylic acids is 1. The van der Waals surface area contributed by atoms with Crippen LogP contribution in [-0.2, 0) is 27.2 Å². The van der Waals surface area contributed by atoms with Crippen molar-refractivity contribution in [2.75, 3.05) is 24.8 Å². The predicted molar refractivity (Wildman–Crippen MR) is 171 cm³/mol. The summed E-state index contributed by atoms with van der Waals surface area (Å²) in [7, 11) is 0. The molecule has 7 unspecified atom stereocenters. The molecule has 0 saturated carbocycles. The molecular weight excluding hydrogens is 646 g/mol. The number of hydrogen-bond acceptors (Lipinski definition) is 14. The van der Waals surface area contributed by atoms with E-state index in [0.29, 0.717) is 23.5 Å². The summed E-state index contributed by atoms with van der Waals surface area (Å²) in [5, 5.41) is 94.8. The van der Waals surface area contributed by atoms with Crippen LogP contribution in [-0.4, -0.2) is 125 Å². The minimum Gasteiger partial charge on any atom is -0.508 e. The van der Waals surface area contributed by atoms with Crippen LogP contribution >= 0.6 is 0 Å². The third kappa shape index (κ3) is 5.84. The van der Waals surface area contributed by atoms with Crippen LogP contribution in [0.1, 0.15) is 47.6 Å².